The van der Waals surface area contributed by atoms with Crippen molar-refractivity contribution in [3.63, 3.8) is 0 Å². The first-order valence-corrected chi connectivity index (χ1v) is 9.83. The number of oxazole rings is 1. The molecule has 1 amide bonds. The molecule has 2 heterocycles. The standard InChI is InChI=1S/C17H19FN2O4S/c1-20(12-8-9-25(22,23)11-12)17(21)7-6-16-19-10-15(24-16)13-4-2-3-5-14(13)18/h2-5,10,12H,6-9,11H2,1H3/t12-/m1/s1. The number of benzene rings is 1. The van der Waals surface area contributed by atoms with Gasteiger partial charge in [-0.3, -0.25) is 4.79 Å². The monoisotopic (exact) mass is 366 g/mol. The molecular formula is C17H19FN2O4S. The number of hydrogen-bond acceptors (Lipinski definition) is 5. The van der Waals surface area contributed by atoms with Crippen molar-refractivity contribution in [3.05, 3.63) is 42.2 Å². The average molecular weight is 366 g/mol. The maximum absolute atomic E-state index is 13.7. The molecule has 8 heteroatoms. The van der Waals surface area contributed by atoms with Gasteiger partial charge < -0.3 is 9.32 Å². The molecule has 0 radical (unpaired) electrons. The molecule has 1 saturated heterocycles. The highest BCUT2D eigenvalue weighted by atomic mass is 32.2. The number of halogens is 1. The van der Waals surface area contributed by atoms with Crippen LogP contribution in [-0.4, -0.2) is 48.8 Å². The van der Waals surface area contributed by atoms with Crippen LogP contribution in [0.1, 0.15) is 18.7 Å². The fraction of sp³-hybridized carbons (Fsp3) is 0.412. The van der Waals surface area contributed by atoms with Crippen molar-refractivity contribution in [1.29, 1.82) is 0 Å². The Morgan fingerprint density at radius 1 is 1.40 bits per heavy atom. The van der Waals surface area contributed by atoms with E-state index in [9.17, 15) is 17.6 Å². The van der Waals surface area contributed by atoms with Crippen LogP contribution in [-0.2, 0) is 21.1 Å². The van der Waals surface area contributed by atoms with E-state index >= 15 is 0 Å². The summed E-state index contributed by atoms with van der Waals surface area (Å²) in [4.78, 5) is 17.8. The van der Waals surface area contributed by atoms with Crippen molar-refractivity contribution in [1.82, 2.24) is 9.88 Å². The minimum absolute atomic E-state index is 0.0195. The fourth-order valence-corrected chi connectivity index (χ4v) is 4.66. The summed E-state index contributed by atoms with van der Waals surface area (Å²) in [6.07, 6.45) is 2.34. The Morgan fingerprint density at radius 3 is 2.84 bits per heavy atom. The van der Waals surface area contributed by atoms with Crippen LogP contribution in [0.25, 0.3) is 11.3 Å². The number of aromatic nitrogens is 1. The van der Waals surface area contributed by atoms with Crippen LogP contribution in [0.3, 0.4) is 0 Å². The second-order valence-electron chi connectivity index (χ2n) is 6.16. The van der Waals surface area contributed by atoms with Gasteiger partial charge in [0.2, 0.25) is 5.91 Å². The molecule has 6 nitrogen and oxygen atoms in total. The van der Waals surface area contributed by atoms with Crippen LogP contribution in [0.15, 0.2) is 34.9 Å². The summed E-state index contributed by atoms with van der Waals surface area (Å²) in [7, 11) is -1.41. The number of aryl methyl sites for hydroxylation is 1. The van der Waals surface area contributed by atoms with Gasteiger partial charge in [-0.15, -0.1) is 0 Å². The normalized spacial score (nSPS) is 19.0. The van der Waals surface area contributed by atoms with Gasteiger partial charge in [0.1, 0.15) is 5.82 Å². The molecule has 1 fully saturated rings. The Morgan fingerprint density at radius 2 is 2.16 bits per heavy atom. The van der Waals surface area contributed by atoms with Crippen molar-refractivity contribution >= 4 is 15.7 Å². The third kappa shape index (κ3) is 4.07. The predicted octanol–water partition coefficient (Wildman–Crippen LogP) is 2.06. The zero-order valence-electron chi connectivity index (χ0n) is 13.8. The second kappa shape index (κ2) is 6.95. The lowest BCUT2D eigenvalue weighted by Gasteiger charge is -2.23. The summed E-state index contributed by atoms with van der Waals surface area (Å²) in [6.45, 7) is 0. The molecule has 1 aromatic heterocycles. The highest BCUT2D eigenvalue weighted by molar-refractivity contribution is 7.91. The lowest BCUT2D eigenvalue weighted by atomic mass is 10.2. The van der Waals surface area contributed by atoms with Gasteiger partial charge in [-0.25, -0.2) is 17.8 Å². The lowest BCUT2D eigenvalue weighted by Crippen LogP contribution is -2.37. The van der Waals surface area contributed by atoms with Crippen molar-refractivity contribution < 1.29 is 22.0 Å². The largest absolute Gasteiger partial charge is 0.441 e. The zero-order valence-corrected chi connectivity index (χ0v) is 14.6. The van der Waals surface area contributed by atoms with E-state index in [4.69, 9.17) is 4.42 Å². The van der Waals surface area contributed by atoms with E-state index < -0.39 is 15.7 Å². The van der Waals surface area contributed by atoms with Gasteiger partial charge in [-0.2, -0.15) is 0 Å². The van der Waals surface area contributed by atoms with Crippen molar-refractivity contribution in [3.8, 4) is 11.3 Å². The number of nitrogens with zero attached hydrogens (tertiary/aromatic N) is 2. The Kier molecular flexibility index (Phi) is 4.89. The van der Waals surface area contributed by atoms with Crippen LogP contribution in [0.2, 0.25) is 0 Å². The van der Waals surface area contributed by atoms with Gasteiger partial charge >= 0.3 is 0 Å². The Bertz CT molecular complexity index is 878. The summed E-state index contributed by atoms with van der Waals surface area (Å²) in [5.41, 5.74) is 0.320. The van der Waals surface area contributed by atoms with Crippen LogP contribution in [0.4, 0.5) is 4.39 Å². The molecule has 0 bridgehead atoms. The Balaban J connectivity index is 1.59. The average Bonchev–Trinajstić information content (AvgIpc) is 3.18. The first-order valence-electron chi connectivity index (χ1n) is 8.01. The third-order valence-corrected chi connectivity index (χ3v) is 6.15. The molecule has 1 aliphatic heterocycles. The lowest BCUT2D eigenvalue weighted by molar-refractivity contribution is -0.131. The second-order valence-corrected chi connectivity index (χ2v) is 8.39. The van der Waals surface area contributed by atoms with Crippen LogP contribution >= 0.6 is 0 Å². The van der Waals surface area contributed by atoms with Gasteiger partial charge in [0.05, 0.1) is 23.3 Å². The highest BCUT2D eigenvalue weighted by Crippen LogP contribution is 2.24. The van der Waals surface area contributed by atoms with Gasteiger partial charge in [-0.05, 0) is 18.6 Å². The number of rotatable bonds is 5. The molecular weight excluding hydrogens is 347 g/mol. The SMILES string of the molecule is CN(C(=O)CCc1ncc(-c2ccccc2F)o1)[C@@H]1CCS(=O)(=O)C1. The Labute approximate surface area is 145 Å². The first-order chi connectivity index (χ1) is 11.9. The first kappa shape index (κ1) is 17.6. The summed E-state index contributed by atoms with van der Waals surface area (Å²) in [5.74, 6) is 0.248. The molecule has 1 aliphatic rings. The molecule has 1 atom stereocenters. The summed E-state index contributed by atoms with van der Waals surface area (Å²) in [5, 5.41) is 0. The molecule has 0 aliphatic carbocycles. The van der Waals surface area contributed by atoms with Gasteiger partial charge in [-0.1, -0.05) is 12.1 Å². The van der Waals surface area contributed by atoms with Gasteiger partial charge in [0, 0.05) is 25.9 Å². The third-order valence-electron chi connectivity index (χ3n) is 4.40. The van der Waals surface area contributed by atoms with E-state index in [1.54, 1.807) is 25.2 Å². The van der Waals surface area contributed by atoms with E-state index in [0.29, 0.717) is 23.6 Å². The van der Waals surface area contributed by atoms with Crippen molar-refractivity contribution in [2.75, 3.05) is 18.6 Å². The Hall–Kier alpha value is -2.22. The zero-order chi connectivity index (χ0) is 18.0. The molecule has 0 N–H and O–H groups in total. The molecule has 1 aromatic carbocycles. The minimum Gasteiger partial charge on any atom is -0.441 e. The van der Waals surface area contributed by atoms with E-state index in [1.807, 2.05) is 0 Å². The number of carbonyl (C=O) groups is 1. The van der Waals surface area contributed by atoms with E-state index in [0.717, 1.165) is 0 Å². The van der Waals surface area contributed by atoms with Crippen LogP contribution in [0.5, 0.6) is 0 Å². The smallest absolute Gasteiger partial charge is 0.223 e. The molecule has 3 rings (SSSR count). The van der Waals surface area contributed by atoms with Gasteiger partial charge in [0.15, 0.2) is 21.5 Å². The summed E-state index contributed by atoms with van der Waals surface area (Å²) in [6, 6.07) is 5.96. The van der Waals surface area contributed by atoms with Gasteiger partial charge in [0.25, 0.3) is 0 Å². The molecule has 2 aromatic rings. The quantitative estimate of drug-likeness (QED) is 0.809. The van der Waals surface area contributed by atoms with Crippen molar-refractivity contribution in [2.45, 2.75) is 25.3 Å². The number of hydrogen-bond donors (Lipinski definition) is 0. The maximum atomic E-state index is 13.7. The molecule has 0 saturated carbocycles. The number of carbonyl (C=O) groups excluding carboxylic acids is 1. The van der Waals surface area contributed by atoms with E-state index in [-0.39, 0.29) is 36.3 Å². The topological polar surface area (TPSA) is 80.5 Å². The molecule has 134 valence electrons. The van der Waals surface area contributed by atoms with Crippen molar-refractivity contribution in [2.24, 2.45) is 0 Å². The molecule has 0 unspecified atom stereocenters. The minimum atomic E-state index is -3.03. The highest BCUT2D eigenvalue weighted by Gasteiger charge is 2.32. The predicted molar refractivity (Wildman–Crippen MR) is 90.0 cm³/mol. The van der Waals surface area contributed by atoms with Crippen LogP contribution in [0, 0.1) is 5.82 Å². The molecule has 25 heavy (non-hydrogen) atoms. The fourth-order valence-electron chi connectivity index (χ4n) is 2.89. The van der Waals surface area contributed by atoms with Crippen LogP contribution < -0.4 is 0 Å². The summed E-state index contributed by atoms with van der Waals surface area (Å²) >= 11 is 0. The summed E-state index contributed by atoms with van der Waals surface area (Å²) < 4.78 is 42.3. The maximum Gasteiger partial charge on any atom is 0.223 e. The number of sulfone groups is 1. The van der Waals surface area contributed by atoms with E-state index in [2.05, 4.69) is 4.98 Å². The van der Waals surface area contributed by atoms with E-state index in [1.165, 1.54) is 17.2 Å². The number of amides is 1. The molecule has 0 spiro atoms.